The van der Waals surface area contributed by atoms with Gasteiger partial charge in [-0.3, -0.25) is 0 Å². The summed E-state index contributed by atoms with van der Waals surface area (Å²) in [7, 11) is 0. The molecule has 18 heavy (non-hydrogen) atoms. The van der Waals surface area contributed by atoms with E-state index in [1.807, 2.05) is 6.92 Å². The van der Waals surface area contributed by atoms with Crippen LogP contribution in [0.3, 0.4) is 0 Å². The molecule has 3 N–H and O–H groups in total. The Labute approximate surface area is 112 Å². The van der Waals surface area contributed by atoms with Crippen LogP contribution in [0.25, 0.3) is 0 Å². The van der Waals surface area contributed by atoms with Crippen molar-refractivity contribution in [2.45, 2.75) is 20.8 Å². The van der Waals surface area contributed by atoms with Crippen LogP contribution in [-0.4, -0.2) is 11.5 Å². The lowest BCUT2D eigenvalue weighted by atomic mass is 9.98. The normalized spacial score (nSPS) is 12.6. The van der Waals surface area contributed by atoms with E-state index in [1.54, 1.807) is 0 Å². The Kier molecular flexibility index (Phi) is 5.02. The molecule has 0 aromatic heterocycles. The average molecular weight is 272 g/mol. The van der Waals surface area contributed by atoms with Gasteiger partial charge in [-0.1, -0.05) is 33.0 Å². The molecule has 0 aliphatic heterocycles. The summed E-state index contributed by atoms with van der Waals surface area (Å²) in [6, 6.07) is 2.29. The second kappa shape index (κ2) is 6.09. The predicted octanol–water partition coefficient (Wildman–Crippen LogP) is 3.30. The zero-order chi connectivity index (χ0) is 13.9. The van der Waals surface area contributed by atoms with E-state index in [-0.39, 0.29) is 16.2 Å². The summed E-state index contributed by atoms with van der Waals surface area (Å²) in [5.41, 5.74) is 5.42. The first-order valence-corrected chi connectivity index (χ1v) is 6.26. The van der Waals surface area contributed by atoms with Gasteiger partial charge in [-0.2, -0.15) is 0 Å². The van der Waals surface area contributed by atoms with Crippen LogP contribution >= 0.6 is 12.2 Å². The van der Waals surface area contributed by atoms with Crippen molar-refractivity contribution in [1.82, 2.24) is 0 Å². The Bertz CT molecular complexity index is 424. The lowest BCUT2D eigenvalue weighted by Gasteiger charge is -2.18. The molecule has 1 unspecified atom stereocenters. The number of thiocarbonyl (C=S) groups is 1. The van der Waals surface area contributed by atoms with E-state index in [9.17, 15) is 8.78 Å². The van der Waals surface area contributed by atoms with Gasteiger partial charge in [0, 0.05) is 12.1 Å². The van der Waals surface area contributed by atoms with Crippen molar-refractivity contribution in [3.05, 3.63) is 29.3 Å². The summed E-state index contributed by atoms with van der Waals surface area (Å²) in [4.78, 5) is -0.0186. The zero-order valence-electron chi connectivity index (χ0n) is 10.8. The third-order valence-corrected chi connectivity index (χ3v) is 3.30. The molecule has 1 atom stereocenters. The third kappa shape index (κ3) is 3.63. The summed E-state index contributed by atoms with van der Waals surface area (Å²) in [6.45, 7) is 6.67. The Morgan fingerprint density at radius 3 is 2.17 bits per heavy atom. The predicted molar refractivity (Wildman–Crippen MR) is 74.7 cm³/mol. The first-order valence-electron chi connectivity index (χ1n) is 5.85. The fourth-order valence-electron chi connectivity index (χ4n) is 1.38. The number of benzene rings is 1. The lowest BCUT2D eigenvalue weighted by Crippen LogP contribution is -2.18. The van der Waals surface area contributed by atoms with Gasteiger partial charge in [0.2, 0.25) is 0 Å². The molecule has 0 saturated carbocycles. The van der Waals surface area contributed by atoms with Crippen molar-refractivity contribution < 1.29 is 8.78 Å². The maximum Gasteiger partial charge on any atom is 0.150 e. The number of rotatable bonds is 5. The number of nitrogens with one attached hydrogen (secondary N) is 1. The maximum atomic E-state index is 13.7. The van der Waals surface area contributed by atoms with Gasteiger partial charge in [-0.25, -0.2) is 8.78 Å². The van der Waals surface area contributed by atoms with Crippen LogP contribution in [-0.2, 0) is 0 Å². The monoisotopic (exact) mass is 272 g/mol. The van der Waals surface area contributed by atoms with Crippen molar-refractivity contribution in [2.24, 2.45) is 17.6 Å². The van der Waals surface area contributed by atoms with Gasteiger partial charge >= 0.3 is 0 Å². The number of nitrogens with two attached hydrogens (primary N) is 1. The smallest absolute Gasteiger partial charge is 0.150 e. The van der Waals surface area contributed by atoms with Crippen LogP contribution in [0.4, 0.5) is 14.5 Å². The summed E-state index contributed by atoms with van der Waals surface area (Å²) in [5, 5.41) is 2.79. The molecule has 0 heterocycles. The number of anilines is 1. The molecule has 0 saturated heterocycles. The quantitative estimate of drug-likeness (QED) is 0.808. The minimum Gasteiger partial charge on any atom is -0.389 e. The summed E-state index contributed by atoms with van der Waals surface area (Å²) < 4.78 is 27.4. The topological polar surface area (TPSA) is 38.0 Å². The van der Waals surface area contributed by atoms with Gasteiger partial charge in [0.25, 0.3) is 0 Å². The summed E-state index contributed by atoms with van der Waals surface area (Å²) >= 11 is 4.69. The fourth-order valence-corrected chi connectivity index (χ4v) is 1.50. The SMILES string of the molecule is CC(C)C(C)CNc1c(F)cc(C(N)=S)cc1F. The molecule has 2 nitrogen and oxygen atoms in total. The van der Waals surface area contributed by atoms with Crippen molar-refractivity contribution in [1.29, 1.82) is 0 Å². The molecular weight excluding hydrogens is 254 g/mol. The number of hydrogen-bond donors (Lipinski definition) is 2. The Morgan fingerprint density at radius 2 is 1.78 bits per heavy atom. The molecule has 1 rings (SSSR count). The van der Waals surface area contributed by atoms with E-state index < -0.39 is 11.6 Å². The number of halogens is 2. The van der Waals surface area contributed by atoms with Crippen LogP contribution in [0.5, 0.6) is 0 Å². The molecule has 1 aromatic carbocycles. The van der Waals surface area contributed by atoms with Crippen LogP contribution in [0.15, 0.2) is 12.1 Å². The molecule has 0 bridgehead atoms. The Balaban J connectivity index is 2.87. The van der Waals surface area contributed by atoms with Crippen LogP contribution in [0, 0.1) is 23.5 Å². The largest absolute Gasteiger partial charge is 0.389 e. The van der Waals surface area contributed by atoms with Gasteiger partial charge in [0.05, 0.1) is 0 Å². The highest BCUT2D eigenvalue weighted by molar-refractivity contribution is 7.80. The molecule has 0 amide bonds. The Hall–Kier alpha value is -1.23. The molecule has 0 fully saturated rings. The summed E-state index contributed by atoms with van der Waals surface area (Å²) in [5.74, 6) is -0.582. The lowest BCUT2D eigenvalue weighted by molar-refractivity contribution is 0.437. The highest BCUT2D eigenvalue weighted by Gasteiger charge is 2.14. The molecular formula is C13H18F2N2S. The molecule has 0 aliphatic rings. The van der Waals surface area contributed by atoms with Crippen molar-refractivity contribution in [3.8, 4) is 0 Å². The van der Waals surface area contributed by atoms with Gasteiger partial charge < -0.3 is 11.1 Å². The molecule has 1 aromatic rings. The summed E-state index contributed by atoms with van der Waals surface area (Å²) in [6.07, 6.45) is 0. The van der Waals surface area contributed by atoms with Crippen molar-refractivity contribution in [3.63, 3.8) is 0 Å². The van der Waals surface area contributed by atoms with E-state index in [0.29, 0.717) is 18.4 Å². The van der Waals surface area contributed by atoms with Crippen molar-refractivity contribution in [2.75, 3.05) is 11.9 Å². The molecule has 0 radical (unpaired) electrons. The molecule has 0 aliphatic carbocycles. The second-order valence-electron chi connectivity index (χ2n) is 4.78. The highest BCUT2D eigenvalue weighted by atomic mass is 32.1. The number of hydrogen-bond acceptors (Lipinski definition) is 2. The van der Waals surface area contributed by atoms with Crippen LogP contribution < -0.4 is 11.1 Å². The molecule has 100 valence electrons. The maximum absolute atomic E-state index is 13.7. The van der Waals surface area contributed by atoms with E-state index in [2.05, 4.69) is 31.4 Å². The Morgan fingerprint density at radius 1 is 1.28 bits per heavy atom. The standard InChI is InChI=1S/C13H18F2N2S/c1-7(2)8(3)6-17-12-10(14)4-9(13(16)18)5-11(12)15/h4-5,7-8,17H,6H2,1-3H3,(H2,16,18). The van der Waals surface area contributed by atoms with Gasteiger partial charge in [-0.15, -0.1) is 0 Å². The van der Waals surface area contributed by atoms with Gasteiger partial charge in [0.1, 0.15) is 22.3 Å². The first kappa shape index (κ1) is 14.8. The molecule has 5 heteroatoms. The first-order chi connectivity index (χ1) is 8.32. The second-order valence-corrected chi connectivity index (χ2v) is 5.22. The minimum atomic E-state index is -0.672. The average Bonchev–Trinajstić information content (AvgIpc) is 2.26. The highest BCUT2D eigenvalue weighted by Crippen LogP contribution is 2.22. The fraction of sp³-hybridized carbons (Fsp3) is 0.462. The van der Waals surface area contributed by atoms with Crippen LogP contribution in [0.2, 0.25) is 0 Å². The van der Waals surface area contributed by atoms with E-state index in [0.717, 1.165) is 12.1 Å². The van der Waals surface area contributed by atoms with Gasteiger partial charge in [-0.05, 0) is 24.0 Å². The van der Waals surface area contributed by atoms with Crippen LogP contribution in [0.1, 0.15) is 26.3 Å². The van der Waals surface area contributed by atoms with E-state index in [4.69, 9.17) is 5.73 Å². The van der Waals surface area contributed by atoms with Gasteiger partial charge in [0.15, 0.2) is 0 Å². The molecule has 0 spiro atoms. The van der Waals surface area contributed by atoms with Crippen molar-refractivity contribution >= 4 is 22.9 Å². The minimum absolute atomic E-state index is 0.0186. The third-order valence-electron chi connectivity index (χ3n) is 3.07. The van der Waals surface area contributed by atoms with E-state index >= 15 is 0 Å². The van der Waals surface area contributed by atoms with E-state index in [1.165, 1.54) is 0 Å². The zero-order valence-corrected chi connectivity index (χ0v) is 11.6.